The summed E-state index contributed by atoms with van der Waals surface area (Å²) in [5.41, 5.74) is 9.77. The highest BCUT2D eigenvalue weighted by atomic mass is 32.1. The van der Waals surface area contributed by atoms with Gasteiger partial charge in [0.25, 0.3) is 0 Å². The summed E-state index contributed by atoms with van der Waals surface area (Å²) in [6.07, 6.45) is 0. The molecule has 0 N–H and O–H groups in total. The average Bonchev–Trinajstić information content (AvgIpc) is 4.00. The van der Waals surface area contributed by atoms with E-state index in [2.05, 4.69) is 180 Å². The zero-order valence-corrected chi connectivity index (χ0v) is 33.4. The van der Waals surface area contributed by atoms with E-state index < -0.39 is 0 Å². The van der Waals surface area contributed by atoms with Crippen LogP contribution in [0, 0.1) is 0 Å². The van der Waals surface area contributed by atoms with Crippen LogP contribution in [0.5, 0.6) is 0 Å². The molecule has 0 radical (unpaired) electrons. The Labute approximate surface area is 353 Å². The Morgan fingerprint density at radius 3 is 1.93 bits per heavy atom. The summed E-state index contributed by atoms with van der Waals surface area (Å²) in [5, 5.41) is 9.29. The fourth-order valence-corrected chi connectivity index (χ4v) is 10.4. The maximum absolute atomic E-state index is 6.75. The second-order valence-electron chi connectivity index (χ2n) is 15.6. The fraction of sp³-hybridized carbons (Fsp3) is 0. The minimum atomic E-state index is 0.568. The van der Waals surface area contributed by atoms with E-state index in [1.165, 1.54) is 37.0 Å². The lowest BCUT2D eigenvalue weighted by Crippen LogP contribution is -2.02. The third kappa shape index (κ3) is 5.36. The summed E-state index contributed by atoms with van der Waals surface area (Å²) in [7, 11) is 0. The molecule has 0 amide bonds. The lowest BCUT2D eigenvalue weighted by Gasteiger charge is -2.14. The minimum absolute atomic E-state index is 0.568. The quantitative estimate of drug-likeness (QED) is 0.174. The molecule has 284 valence electrons. The molecule has 0 spiro atoms. The van der Waals surface area contributed by atoms with E-state index in [0.29, 0.717) is 17.5 Å². The van der Waals surface area contributed by atoms with Crippen molar-refractivity contribution in [2.45, 2.75) is 0 Å². The third-order valence-corrected chi connectivity index (χ3v) is 13.2. The number of aromatic nitrogens is 4. The van der Waals surface area contributed by atoms with Crippen LogP contribution < -0.4 is 0 Å². The van der Waals surface area contributed by atoms with Crippen molar-refractivity contribution in [3.63, 3.8) is 0 Å². The number of benzene rings is 9. The lowest BCUT2D eigenvalue weighted by molar-refractivity contribution is 0.669. The number of hydrogen-bond donors (Lipinski definition) is 0. The van der Waals surface area contributed by atoms with Gasteiger partial charge >= 0.3 is 0 Å². The van der Waals surface area contributed by atoms with E-state index in [0.717, 1.165) is 71.2 Å². The highest BCUT2D eigenvalue weighted by Gasteiger charge is 2.23. The molecule has 0 aliphatic carbocycles. The molecule has 13 aromatic rings. The number of furan rings is 1. The van der Waals surface area contributed by atoms with Gasteiger partial charge in [-0.3, -0.25) is 0 Å². The summed E-state index contributed by atoms with van der Waals surface area (Å²) >= 11 is 1.78. The standard InChI is InChI=1S/C55H32N4OS/c1-2-14-33(15-3-1)34-18-12-19-37(28-34)53-56-54(58-55(57-53)43-24-13-23-41-40-21-8-11-27-50(40)61-52(41)43)38-31-47(51-42-22-7-10-26-48(42)60-49(51)32-38)59-45-25-9-6-20-39(45)44-29-35-16-4-5-17-36(35)30-46(44)59/h1-32H. The van der Waals surface area contributed by atoms with Crippen molar-refractivity contribution < 1.29 is 4.42 Å². The molecule has 0 unspecified atom stereocenters. The second-order valence-corrected chi connectivity index (χ2v) is 16.6. The fourth-order valence-electron chi connectivity index (χ4n) is 9.20. The Bertz CT molecular complexity index is 3900. The van der Waals surface area contributed by atoms with Crippen molar-refractivity contribution >= 4 is 86.0 Å². The second kappa shape index (κ2) is 13.3. The average molecular weight is 797 g/mol. The molecule has 0 saturated heterocycles. The van der Waals surface area contributed by atoms with Crippen molar-refractivity contribution in [3.8, 4) is 51.0 Å². The summed E-state index contributed by atoms with van der Waals surface area (Å²) < 4.78 is 11.5. The maximum Gasteiger partial charge on any atom is 0.165 e. The van der Waals surface area contributed by atoms with Crippen molar-refractivity contribution in [1.29, 1.82) is 0 Å². The van der Waals surface area contributed by atoms with Crippen LogP contribution in [0.4, 0.5) is 0 Å². The number of thiophene rings is 1. The molecule has 13 rings (SSSR count). The van der Waals surface area contributed by atoms with Gasteiger partial charge in [-0.05, 0) is 76.5 Å². The molecule has 6 heteroatoms. The smallest absolute Gasteiger partial charge is 0.165 e. The van der Waals surface area contributed by atoms with E-state index in [4.69, 9.17) is 19.4 Å². The minimum Gasteiger partial charge on any atom is -0.456 e. The number of nitrogens with zero attached hydrogens (tertiary/aromatic N) is 4. The van der Waals surface area contributed by atoms with E-state index in [-0.39, 0.29) is 0 Å². The SMILES string of the molecule is c1ccc(-c2cccc(-c3nc(-c4cc(-n5c6ccccc6c6cc7ccccc7cc65)c5c(c4)oc4ccccc45)nc(-c4cccc5c4sc4ccccc45)n3)c2)cc1. The van der Waals surface area contributed by atoms with Crippen LogP contribution in [0.2, 0.25) is 0 Å². The van der Waals surface area contributed by atoms with Crippen molar-refractivity contribution in [2.24, 2.45) is 0 Å². The van der Waals surface area contributed by atoms with Crippen LogP contribution in [0.25, 0.3) is 126 Å². The molecular formula is C55H32N4OS. The molecule has 4 heterocycles. The third-order valence-electron chi connectivity index (χ3n) is 12.0. The van der Waals surface area contributed by atoms with E-state index in [9.17, 15) is 0 Å². The lowest BCUT2D eigenvalue weighted by atomic mass is 10.0. The first-order valence-electron chi connectivity index (χ1n) is 20.4. The maximum atomic E-state index is 6.75. The van der Waals surface area contributed by atoms with E-state index in [1.807, 2.05) is 18.2 Å². The van der Waals surface area contributed by atoms with Crippen molar-refractivity contribution in [3.05, 3.63) is 194 Å². The first kappa shape index (κ1) is 34.0. The molecule has 5 nitrogen and oxygen atoms in total. The van der Waals surface area contributed by atoms with Gasteiger partial charge in [0, 0.05) is 53.0 Å². The zero-order chi connectivity index (χ0) is 40.0. The molecule has 0 saturated carbocycles. The Hall–Kier alpha value is -7.93. The van der Waals surface area contributed by atoms with Crippen LogP contribution in [0.1, 0.15) is 0 Å². The van der Waals surface area contributed by atoms with Gasteiger partial charge in [0.15, 0.2) is 17.5 Å². The van der Waals surface area contributed by atoms with Gasteiger partial charge in [0.1, 0.15) is 11.2 Å². The first-order valence-corrected chi connectivity index (χ1v) is 21.2. The summed E-state index contributed by atoms with van der Waals surface area (Å²) in [5.74, 6) is 1.79. The number of rotatable bonds is 5. The predicted octanol–water partition coefficient (Wildman–Crippen LogP) is 15.1. The van der Waals surface area contributed by atoms with Gasteiger partial charge in [-0.2, -0.15) is 0 Å². The Kier molecular flexibility index (Phi) is 7.41. The van der Waals surface area contributed by atoms with Crippen molar-refractivity contribution in [2.75, 3.05) is 0 Å². The molecule has 0 bridgehead atoms. The molecule has 0 aliphatic heterocycles. The van der Waals surface area contributed by atoms with Gasteiger partial charge in [-0.1, -0.05) is 140 Å². The molecule has 0 fully saturated rings. The van der Waals surface area contributed by atoms with Crippen LogP contribution in [0.3, 0.4) is 0 Å². The molecular weight excluding hydrogens is 765 g/mol. The Morgan fingerprint density at radius 2 is 1.05 bits per heavy atom. The molecule has 4 aromatic heterocycles. The van der Waals surface area contributed by atoms with Crippen molar-refractivity contribution in [1.82, 2.24) is 19.5 Å². The number of hydrogen-bond acceptors (Lipinski definition) is 5. The first-order chi connectivity index (χ1) is 30.2. The van der Waals surface area contributed by atoms with E-state index >= 15 is 0 Å². The molecule has 61 heavy (non-hydrogen) atoms. The van der Waals surface area contributed by atoms with Gasteiger partial charge in [0.05, 0.1) is 22.1 Å². The predicted molar refractivity (Wildman–Crippen MR) is 254 cm³/mol. The van der Waals surface area contributed by atoms with E-state index in [1.54, 1.807) is 11.3 Å². The summed E-state index contributed by atoms with van der Waals surface area (Å²) in [6, 6.07) is 68.5. The summed E-state index contributed by atoms with van der Waals surface area (Å²) in [6.45, 7) is 0. The van der Waals surface area contributed by atoms with Crippen LogP contribution in [-0.2, 0) is 0 Å². The highest BCUT2D eigenvalue weighted by Crippen LogP contribution is 2.43. The van der Waals surface area contributed by atoms with Gasteiger partial charge in [-0.15, -0.1) is 11.3 Å². The normalized spacial score (nSPS) is 11.9. The largest absolute Gasteiger partial charge is 0.456 e. The van der Waals surface area contributed by atoms with Crippen LogP contribution in [-0.4, -0.2) is 19.5 Å². The number of fused-ring (bicyclic) bond motifs is 10. The molecule has 0 atom stereocenters. The van der Waals surface area contributed by atoms with Crippen LogP contribution in [0.15, 0.2) is 199 Å². The molecule has 9 aromatic carbocycles. The number of para-hydroxylation sites is 2. The van der Waals surface area contributed by atoms with Gasteiger partial charge in [0.2, 0.25) is 0 Å². The van der Waals surface area contributed by atoms with Gasteiger partial charge < -0.3 is 8.98 Å². The Morgan fingerprint density at radius 1 is 0.393 bits per heavy atom. The zero-order valence-electron chi connectivity index (χ0n) is 32.6. The topological polar surface area (TPSA) is 56.7 Å². The molecule has 0 aliphatic rings. The highest BCUT2D eigenvalue weighted by molar-refractivity contribution is 7.26. The summed E-state index contributed by atoms with van der Waals surface area (Å²) in [4.78, 5) is 16.0. The Balaban J connectivity index is 1.11. The monoisotopic (exact) mass is 796 g/mol. The van der Waals surface area contributed by atoms with Crippen LogP contribution >= 0.6 is 11.3 Å². The van der Waals surface area contributed by atoms with Gasteiger partial charge in [-0.25, -0.2) is 15.0 Å².